The smallest absolute Gasteiger partial charge is 0.155 e. The van der Waals surface area contributed by atoms with Gasteiger partial charge in [-0.2, -0.15) is 0 Å². The van der Waals surface area contributed by atoms with Crippen LogP contribution < -0.4 is 0 Å². The highest BCUT2D eigenvalue weighted by atomic mass is 15.1. The molecule has 144 valence electrons. The summed E-state index contributed by atoms with van der Waals surface area (Å²) in [7, 11) is 0. The van der Waals surface area contributed by atoms with Crippen LogP contribution in [-0.4, -0.2) is 14.5 Å². The van der Waals surface area contributed by atoms with Gasteiger partial charge in [0, 0.05) is 28.1 Å². The minimum atomic E-state index is -0.0158. The van der Waals surface area contributed by atoms with Crippen molar-refractivity contribution in [3.05, 3.63) is 103 Å². The number of rotatable bonds is 2. The first kappa shape index (κ1) is 17.2. The SMILES string of the molecule is CC1(C)c2ccccc2-c2c1ccc1ccn(-c3cnc(-c4ccccc4)cn3)c21. The molecule has 0 N–H and O–H groups in total. The van der Waals surface area contributed by atoms with Gasteiger partial charge in [0.25, 0.3) is 0 Å². The van der Waals surface area contributed by atoms with E-state index in [1.807, 2.05) is 30.6 Å². The highest BCUT2D eigenvalue weighted by molar-refractivity contribution is 6.01. The van der Waals surface area contributed by atoms with Crippen molar-refractivity contribution in [1.82, 2.24) is 14.5 Å². The van der Waals surface area contributed by atoms with Crippen LogP contribution in [0.25, 0.3) is 39.1 Å². The van der Waals surface area contributed by atoms with E-state index < -0.39 is 0 Å². The molecule has 0 fully saturated rings. The molecule has 1 aliphatic rings. The standard InChI is InChI=1S/C27H21N3/c1-27(2)21-11-7-6-10-20(21)25-22(27)13-12-19-14-15-30(26(19)25)24-17-28-23(16-29-24)18-8-4-3-5-9-18/h3-17H,1-2H3. The molecule has 3 nitrogen and oxygen atoms in total. The van der Waals surface area contributed by atoms with Gasteiger partial charge in [0.1, 0.15) is 0 Å². The third-order valence-electron chi connectivity index (χ3n) is 6.35. The van der Waals surface area contributed by atoms with Crippen LogP contribution in [0.1, 0.15) is 25.0 Å². The fraction of sp³-hybridized carbons (Fsp3) is 0.111. The lowest BCUT2D eigenvalue weighted by Gasteiger charge is -2.21. The molecular weight excluding hydrogens is 366 g/mol. The summed E-state index contributed by atoms with van der Waals surface area (Å²) in [5.41, 5.74) is 8.52. The van der Waals surface area contributed by atoms with E-state index >= 15 is 0 Å². The van der Waals surface area contributed by atoms with Gasteiger partial charge >= 0.3 is 0 Å². The Morgan fingerprint density at radius 3 is 2.33 bits per heavy atom. The van der Waals surface area contributed by atoms with E-state index in [1.54, 1.807) is 0 Å². The normalized spacial score (nSPS) is 13.9. The van der Waals surface area contributed by atoms with E-state index in [4.69, 9.17) is 9.97 Å². The summed E-state index contributed by atoms with van der Waals surface area (Å²) >= 11 is 0. The fourth-order valence-corrected chi connectivity index (χ4v) is 4.81. The predicted octanol–water partition coefficient (Wildman–Crippen LogP) is 6.39. The highest BCUT2D eigenvalue weighted by Crippen LogP contribution is 2.51. The first-order chi connectivity index (χ1) is 14.6. The lowest BCUT2D eigenvalue weighted by Crippen LogP contribution is -2.14. The summed E-state index contributed by atoms with van der Waals surface area (Å²) in [6, 6.07) is 25.6. The van der Waals surface area contributed by atoms with Crippen molar-refractivity contribution in [2.45, 2.75) is 19.3 Å². The van der Waals surface area contributed by atoms with E-state index in [-0.39, 0.29) is 5.41 Å². The molecule has 2 heterocycles. The largest absolute Gasteiger partial charge is 0.299 e. The summed E-state index contributed by atoms with van der Waals surface area (Å²) in [6.45, 7) is 4.62. The Labute approximate surface area is 175 Å². The summed E-state index contributed by atoms with van der Waals surface area (Å²) in [5.74, 6) is 0.834. The molecule has 0 saturated heterocycles. The van der Waals surface area contributed by atoms with Crippen LogP contribution in [-0.2, 0) is 5.41 Å². The minimum absolute atomic E-state index is 0.0158. The van der Waals surface area contributed by atoms with E-state index in [0.29, 0.717) is 0 Å². The van der Waals surface area contributed by atoms with Crippen LogP contribution in [0.15, 0.2) is 91.4 Å². The third-order valence-corrected chi connectivity index (χ3v) is 6.35. The lowest BCUT2D eigenvalue weighted by molar-refractivity contribution is 0.661. The van der Waals surface area contributed by atoms with E-state index in [1.165, 1.54) is 33.2 Å². The van der Waals surface area contributed by atoms with Gasteiger partial charge in [-0.3, -0.25) is 9.55 Å². The van der Waals surface area contributed by atoms with E-state index in [9.17, 15) is 0 Å². The average Bonchev–Trinajstić information content (AvgIpc) is 3.32. The van der Waals surface area contributed by atoms with Crippen molar-refractivity contribution in [1.29, 1.82) is 0 Å². The topological polar surface area (TPSA) is 30.7 Å². The molecule has 3 aromatic carbocycles. The summed E-state index contributed by atoms with van der Waals surface area (Å²) in [5, 5.41) is 1.22. The molecule has 0 aliphatic heterocycles. The van der Waals surface area contributed by atoms with Crippen LogP contribution in [0.3, 0.4) is 0 Å². The molecule has 5 aromatic rings. The van der Waals surface area contributed by atoms with Crippen molar-refractivity contribution >= 4 is 10.9 Å². The predicted molar refractivity (Wildman–Crippen MR) is 122 cm³/mol. The van der Waals surface area contributed by atoms with Crippen molar-refractivity contribution in [3.8, 4) is 28.2 Å². The molecule has 0 spiro atoms. The molecule has 0 bridgehead atoms. The van der Waals surface area contributed by atoms with Crippen LogP contribution >= 0.6 is 0 Å². The molecule has 0 saturated carbocycles. The zero-order valence-electron chi connectivity index (χ0n) is 17.0. The molecular formula is C27H21N3. The number of fused-ring (bicyclic) bond motifs is 5. The fourth-order valence-electron chi connectivity index (χ4n) is 4.81. The van der Waals surface area contributed by atoms with Crippen LogP contribution in [0.2, 0.25) is 0 Å². The first-order valence-corrected chi connectivity index (χ1v) is 10.3. The molecule has 2 aromatic heterocycles. The number of aromatic nitrogens is 3. The zero-order valence-corrected chi connectivity index (χ0v) is 17.0. The Bertz CT molecular complexity index is 1390. The number of nitrogens with zero attached hydrogens (tertiary/aromatic N) is 3. The van der Waals surface area contributed by atoms with Crippen molar-refractivity contribution in [2.24, 2.45) is 0 Å². The molecule has 30 heavy (non-hydrogen) atoms. The second-order valence-corrected chi connectivity index (χ2v) is 8.41. The van der Waals surface area contributed by atoms with Gasteiger partial charge < -0.3 is 0 Å². The maximum Gasteiger partial charge on any atom is 0.155 e. The van der Waals surface area contributed by atoms with Gasteiger partial charge in [0.05, 0.1) is 23.6 Å². The highest BCUT2D eigenvalue weighted by Gasteiger charge is 2.36. The zero-order chi connectivity index (χ0) is 20.3. The summed E-state index contributed by atoms with van der Waals surface area (Å²) in [6.07, 6.45) is 5.83. The Morgan fingerprint density at radius 1 is 0.733 bits per heavy atom. The van der Waals surface area contributed by atoms with Gasteiger partial charge in [-0.15, -0.1) is 0 Å². The second-order valence-electron chi connectivity index (χ2n) is 8.41. The maximum absolute atomic E-state index is 4.77. The van der Waals surface area contributed by atoms with E-state index in [2.05, 4.69) is 79.2 Å². The molecule has 0 radical (unpaired) electrons. The number of benzene rings is 3. The van der Waals surface area contributed by atoms with Gasteiger partial charge in [-0.1, -0.05) is 80.6 Å². The van der Waals surface area contributed by atoms with Crippen molar-refractivity contribution in [3.63, 3.8) is 0 Å². The molecule has 3 heteroatoms. The Morgan fingerprint density at radius 2 is 1.53 bits per heavy atom. The quantitative estimate of drug-likeness (QED) is 0.351. The molecule has 0 atom stereocenters. The van der Waals surface area contributed by atoms with Crippen molar-refractivity contribution < 1.29 is 0 Å². The Balaban J connectivity index is 1.56. The second kappa shape index (κ2) is 6.14. The van der Waals surface area contributed by atoms with Crippen molar-refractivity contribution in [2.75, 3.05) is 0 Å². The summed E-state index contributed by atoms with van der Waals surface area (Å²) < 4.78 is 2.17. The summed E-state index contributed by atoms with van der Waals surface area (Å²) in [4.78, 5) is 9.46. The third kappa shape index (κ3) is 2.32. The first-order valence-electron chi connectivity index (χ1n) is 10.3. The van der Waals surface area contributed by atoms with Gasteiger partial charge in [-0.25, -0.2) is 4.98 Å². The number of hydrogen-bond donors (Lipinski definition) is 0. The van der Waals surface area contributed by atoms with E-state index in [0.717, 1.165) is 17.1 Å². The molecule has 1 aliphatic carbocycles. The minimum Gasteiger partial charge on any atom is -0.299 e. The van der Waals surface area contributed by atoms with Crippen LogP contribution in [0.5, 0.6) is 0 Å². The number of hydrogen-bond acceptors (Lipinski definition) is 2. The van der Waals surface area contributed by atoms with Crippen LogP contribution in [0, 0.1) is 0 Å². The monoisotopic (exact) mass is 387 g/mol. The molecule has 0 unspecified atom stereocenters. The Kier molecular flexibility index (Phi) is 3.51. The lowest BCUT2D eigenvalue weighted by atomic mass is 9.82. The maximum atomic E-state index is 4.77. The Hall–Kier alpha value is -3.72. The average molecular weight is 387 g/mol. The van der Waals surface area contributed by atoms with Gasteiger partial charge in [-0.05, 0) is 22.8 Å². The van der Waals surface area contributed by atoms with Crippen LogP contribution in [0.4, 0.5) is 0 Å². The molecule has 6 rings (SSSR count). The van der Waals surface area contributed by atoms with Gasteiger partial charge in [0.15, 0.2) is 5.82 Å². The molecule has 0 amide bonds. The van der Waals surface area contributed by atoms with Gasteiger partial charge in [0.2, 0.25) is 0 Å².